The fraction of sp³-hybridized carbons (Fsp3) is 0.625. The molecule has 2 heterocycles. The van der Waals surface area contributed by atoms with Gasteiger partial charge in [-0.1, -0.05) is 37.3 Å². The van der Waals surface area contributed by atoms with Gasteiger partial charge in [-0.3, -0.25) is 9.89 Å². The highest BCUT2D eigenvalue weighted by Crippen LogP contribution is 2.26. The first-order chi connectivity index (χ1) is 11.7. The van der Waals surface area contributed by atoms with Gasteiger partial charge in [-0.05, 0) is 12.3 Å². The Kier molecular flexibility index (Phi) is 5.90. The van der Waals surface area contributed by atoms with E-state index in [1.54, 1.807) is 6.92 Å². The molecule has 1 saturated carbocycles. The highest BCUT2D eigenvalue weighted by Gasteiger charge is 2.15. The molecule has 1 amide bonds. The summed E-state index contributed by atoms with van der Waals surface area (Å²) in [7, 11) is 0. The van der Waals surface area contributed by atoms with Gasteiger partial charge in [0.1, 0.15) is 0 Å². The predicted octanol–water partition coefficient (Wildman–Crippen LogP) is 3.10. The summed E-state index contributed by atoms with van der Waals surface area (Å²) in [6.07, 6.45) is 7.65. The van der Waals surface area contributed by atoms with Crippen LogP contribution >= 0.6 is 11.8 Å². The van der Waals surface area contributed by atoms with Gasteiger partial charge < -0.3 is 9.84 Å². The number of nitrogens with one attached hydrogen (secondary N) is 2. The van der Waals surface area contributed by atoms with Gasteiger partial charge in [0.2, 0.25) is 11.8 Å². The Hall–Kier alpha value is -1.83. The lowest BCUT2D eigenvalue weighted by molar-refractivity contribution is -0.113. The number of amides is 1. The van der Waals surface area contributed by atoms with Gasteiger partial charge in [-0.2, -0.15) is 10.1 Å². The summed E-state index contributed by atoms with van der Waals surface area (Å²) in [4.78, 5) is 16.1. The number of carbonyl (C=O) groups is 1. The van der Waals surface area contributed by atoms with E-state index in [2.05, 4.69) is 25.7 Å². The van der Waals surface area contributed by atoms with Gasteiger partial charge in [0.15, 0.2) is 11.6 Å². The Morgan fingerprint density at radius 1 is 1.42 bits per heavy atom. The first kappa shape index (κ1) is 17.0. The largest absolute Gasteiger partial charge is 0.340 e. The van der Waals surface area contributed by atoms with Crippen LogP contribution in [0, 0.1) is 12.8 Å². The summed E-state index contributed by atoms with van der Waals surface area (Å²) >= 11 is 1.45. The molecule has 2 N–H and O–H groups in total. The van der Waals surface area contributed by atoms with Gasteiger partial charge in [-0.15, -0.1) is 11.8 Å². The van der Waals surface area contributed by atoms with Crippen molar-refractivity contribution in [2.75, 3.05) is 11.1 Å². The zero-order chi connectivity index (χ0) is 16.8. The summed E-state index contributed by atoms with van der Waals surface area (Å²) in [6.45, 7) is 1.75. The number of nitrogens with zero attached hydrogens (tertiary/aromatic N) is 3. The van der Waals surface area contributed by atoms with Gasteiger partial charge in [-0.25, -0.2) is 0 Å². The molecule has 0 spiro atoms. The molecule has 1 aliphatic rings. The fourth-order valence-electron chi connectivity index (χ4n) is 3.05. The van der Waals surface area contributed by atoms with Crippen LogP contribution in [0.15, 0.2) is 10.6 Å². The number of anilines is 1. The first-order valence-corrected chi connectivity index (χ1v) is 9.55. The Morgan fingerprint density at radius 3 is 3.00 bits per heavy atom. The number of H-pyrrole nitrogens is 1. The van der Waals surface area contributed by atoms with Crippen molar-refractivity contribution in [1.82, 2.24) is 20.3 Å². The summed E-state index contributed by atoms with van der Waals surface area (Å²) in [5.74, 6) is 3.31. The van der Waals surface area contributed by atoms with Gasteiger partial charge >= 0.3 is 0 Å². The molecular formula is C16H23N5O2S. The lowest BCUT2D eigenvalue weighted by atomic mass is 9.86. The summed E-state index contributed by atoms with van der Waals surface area (Å²) in [5.41, 5.74) is 1.10. The molecule has 2 aromatic rings. The second kappa shape index (κ2) is 8.32. The molecule has 2 aromatic heterocycles. The summed E-state index contributed by atoms with van der Waals surface area (Å²) < 4.78 is 4.89. The van der Waals surface area contributed by atoms with Crippen LogP contribution in [-0.2, 0) is 17.0 Å². The normalized spacial score (nSPS) is 15.5. The monoisotopic (exact) mass is 349 g/mol. The molecule has 7 nitrogen and oxygen atoms in total. The maximum absolute atomic E-state index is 12.0. The second-order valence-corrected chi connectivity index (χ2v) is 7.24. The minimum absolute atomic E-state index is 0.0732. The number of hydrogen-bond acceptors (Lipinski definition) is 6. The highest BCUT2D eigenvalue weighted by atomic mass is 32.2. The van der Waals surface area contributed by atoms with Crippen molar-refractivity contribution in [3.8, 4) is 0 Å². The van der Waals surface area contributed by atoms with Crippen LogP contribution < -0.4 is 5.32 Å². The van der Waals surface area contributed by atoms with Gasteiger partial charge in [0.25, 0.3) is 0 Å². The van der Waals surface area contributed by atoms with Crippen LogP contribution in [0.3, 0.4) is 0 Å². The predicted molar refractivity (Wildman–Crippen MR) is 92.7 cm³/mol. The van der Waals surface area contributed by atoms with E-state index in [1.165, 1.54) is 43.9 Å². The van der Waals surface area contributed by atoms with Crippen LogP contribution in [0.4, 0.5) is 5.82 Å². The smallest absolute Gasteiger partial charge is 0.235 e. The molecule has 0 bridgehead atoms. The second-order valence-electron chi connectivity index (χ2n) is 6.26. The lowest BCUT2D eigenvalue weighted by Crippen LogP contribution is -2.14. The van der Waals surface area contributed by atoms with E-state index < -0.39 is 0 Å². The van der Waals surface area contributed by atoms with E-state index in [-0.39, 0.29) is 5.91 Å². The van der Waals surface area contributed by atoms with E-state index in [1.807, 2.05) is 6.07 Å². The van der Waals surface area contributed by atoms with Crippen LogP contribution in [-0.4, -0.2) is 32.0 Å². The molecule has 1 aliphatic carbocycles. The highest BCUT2D eigenvalue weighted by molar-refractivity contribution is 7.99. The van der Waals surface area contributed by atoms with Crippen LogP contribution in [0.25, 0.3) is 0 Å². The molecule has 130 valence electrons. The molecule has 0 radical (unpaired) electrons. The average Bonchev–Trinajstić information content (AvgIpc) is 3.17. The molecule has 3 rings (SSSR count). The van der Waals surface area contributed by atoms with Crippen LogP contribution in [0.5, 0.6) is 0 Å². The maximum atomic E-state index is 12.0. The maximum Gasteiger partial charge on any atom is 0.235 e. The van der Waals surface area contributed by atoms with E-state index in [0.717, 1.165) is 18.0 Å². The number of aromatic nitrogens is 4. The molecule has 0 unspecified atom stereocenters. The van der Waals surface area contributed by atoms with Crippen molar-refractivity contribution in [3.05, 3.63) is 23.5 Å². The molecular weight excluding hydrogens is 326 g/mol. The number of rotatable bonds is 7. The number of hydrogen-bond donors (Lipinski definition) is 2. The molecule has 0 atom stereocenters. The van der Waals surface area contributed by atoms with Crippen LogP contribution in [0.1, 0.15) is 49.5 Å². The number of aromatic amines is 1. The van der Waals surface area contributed by atoms with Crippen molar-refractivity contribution in [3.63, 3.8) is 0 Å². The van der Waals surface area contributed by atoms with E-state index in [9.17, 15) is 4.79 Å². The topological polar surface area (TPSA) is 96.7 Å². The summed E-state index contributed by atoms with van der Waals surface area (Å²) in [5, 5.41) is 13.8. The van der Waals surface area contributed by atoms with Crippen molar-refractivity contribution >= 4 is 23.5 Å². The van der Waals surface area contributed by atoms with Gasteiger partial charge in [0.05, 0.1) is 11.5 Å². The number of thioether (sulfide) groups is 1. The lowest BCUT2D eigenvalue weighted by Gasteiger charge is -2.20. The molecule has 0 aromatic carbocycles. The Labute approximate surface area is 145 Å². The van der Waals surface area contributed by atoms with Crippen molar-refractivity contribution in [1.29, 1.82) is 0 Å². The third kappa shape index (κ3) is 5.09. The van der Waals surface area contributed by atoms with E-state index in [0.29, 0.717) is 29.0 Å². The number of carbonyl (C=O) groups excluding carboxylic acids is 1. The third-order valence-corrected chi connectivity index (χ3v) is 5.09. The third-order valence-electron chi connectivity index (χ3n) is 4.17. The average molecular weight is 349 g/mol. The minimum atomic E-state index is -0.0732. The van der Waals surface area contributed by atoms with Crippen molar-refractivity contribution in [2.24, 2.45) is 5.92 Å². The van der Waals surface area contributed by atoms with E-state index >= 15 is 0 Å². The van der Waals surface area contributed by atoms with E-state index in [4.69, 9.17) is 4.52 Å². The molecule has 1 fully saturated rings. The van der Waals surface area contributed by atoms with Crippen LogP contribution in [0.2, 0.25) is 0 Å². The first-order valence-electron chi connectivity index (χ1n) is 8.40. The zero-order valence-electron chi connectivity index (χ0n) is 13.9. The SMILES string of the molecule is Cc1nc(CSCC(=O)Nc2cc(CC3CCCCC3)[nH]n2)no1. The zero-order valence-corrected chi connectivity index (χ0v) is 14.7. The Bertz CT molecular complexity index is 663. The molecule has 24 heavy (non-hydrogen) atoms. The van der Waals surface area contributed by atoms with Crippen molar-refractivity contribution < 1.29 is 9.32 Å². The molecule has 0 aliphatic heterocycles. The molecule has 0 saturated heterocycles. The fourth-order valence-corrected chi connectivity index (χ4v) is 3.71. The standard InChI is InChI=1S/C16H23N5O2S/c1-11-17-15(21-23-11)9-24-10-16(22)18-14-8-13(19-20-14)7-12-5-3-2-4-6-12/h8,12H,2-7,9-10H2,1H3,(H2,18,19,20,22). The number of aryl methyl sites for hydroxylation is 1. The molecule has 8 heteroatoms. The Balaban J connectivity index is 1.39. The minimum Gasteiger partial charge on any atom is -0.340 e. The Morgan fingerprint density at radius 2 is 2.25 bits per heavy atom. The summed E-state index contributed by atoms with van der Waals surface area (Å²) in [6, 6.07) is 1.94. The van der Waals surface area contributed by atoms with Gasteiger partial charge in [0, 0.05) is 18.7 Å². The van der Waals surface area contributed by atoms with Crippen molar-refractivity contribution in [2.45, 2.75) is 51.2 Å². The quantitative estimate of drug-likeness (QED) is 0.797.